The molecule has 2 N–H and O–H groups in total. The zero-order valence-electron chi connectivity index (χ0n) is 11.9. The third-order valence-electron chi connectivity index (χ3n) is 2.87. The first-order valence-corrected chi connectivity index (χ1v) is 6.59. The van der Waals surface area contributed by atoms with Gasteiger partial charge in [-0.2, -0.15) is 5.26 Å². The Labute approximate surface area is 127 Å². The van der Waals surface area contributed by atoms with Crippen LogP contribution in [0.25, 0.3) is 0 Å². The van der Waals surface area contributed by atoms with E-state index < -0.39 is 5.91 Å². The Hall–Kier alpha value is -3.13. The largest absolute Gasteiger partial charge is 0.360 e. The topological polar surface area (TPSA) is 64.9 Å². The van der Waals surface area contributed by atoms with E-state index in [-0.39, 0.29) is 11.4 Å². The number of halogens is 1. The molecule has 2 rings (SSSR count). The number of nitriles is 1. The summed E-state index contributed by atoms with van der Waals surface area (Å²) in [5.41, 5.74) is 2.13. The molecular weight excluding hydrogens is 281 g/mol. The number of benzene rings is 2. The van der Waals surface area contributed by atoms with Crippen LogP contribution in [-0.4, -0.2) is 5.91 Å². The van der Waals surface area contributed by atoms with Crippen LogP contribution < -0.4 is 10.6 Å². The van der Waals surface area contributed by atoms with E-state index in [0.29, 0.717) is 11.4 Å². The predicted octanol–water partition coefficient (Wildman–Crippen LogP) is 3.59. The van der Waals surface area contributed by atoms with Gasteiger partial charge in [-0.15, -0.1) is 0 Å². The Morgan fingerprint density at radius 3 is 2.55 bits per heavy atom. The molecule has 0 fully saturated rings. The Bertz CT molecular complexity index is 745. The lowest BCUT2D eigenvalue weighted by atomic mass is 10.2. The van der Waals surface area contributed by atoms with Gasteiger partial charge in [0.25, 0.3) is 5.91 Å². The molecule has 22 heavy (non-hydrogen) atoms. The summed E-state index contributed by atoms with van der Waals surface area (Å²) in [7, 11) is 0. The van der Waals surface area contributed by atoms with Gasteiger partial charge < -0.3 is 10.6 Å². The molecule has 110 valence electrons. The van der Waals surface area contributed by atoms with Gasteiger partial charge in [0.05, 0.1) is 0 Å². The molecule has 2 aromatic carbocycles. The van der Waals surface area contributed by atoms with Crippen molar-refractivity contribution in [1.82, 2.24) is 0 Å². The molecule has 0 aliphatic heterocycles. The van der Waals surface area contributed by atoms with Crippen LogP contribution in [0.3, 0.4) is 0 Å². The number of aryl methyl sites for hydroxylation is 1. The van der Waals surface area contributed by atoms with Crippen LogP contribution in [0.1, 0.15) is 5.56 Å². The summed E-state index contributed by atoms with van der Waals surface area (Å²) >= 11 is 0. The van der Waals surface area contributed by atoms with Crippen LogP contribution >= 0.6 is 0 Å². The summed E-state index contributed by atoms with van der Waals surface area (Å²) in [5, 5.41) is 14.5. The predicted molar refractivity (Wildman–Crippen MR) is 83.5 cm³/mol. The number of carbonyl (C=O) groups is 1. The molecular formula is C17H14FN3O. The highest BCUT2D eigenvalue weighted by atomic mass is 19.1. The van der Waals surface area contributed by atoms with E-state index in [9.17, 15) is 9.18 Å². The molecule has 0 saturated carbocycles. The Kier molecular flexibility index (Phi) is 4.89. The van der Waals surface area contributed by atoms with Crippen molar-refractivity contribution in [3.8, 4) is 6.07 Å². The zero-order valence-corrected chi connectivity index (χ0v) is 11.9. The third kappa shape index (κ3) is 4.18. The van der Waals surface area contributed by atoms with Gasteiger partial charge in [-0.1, -0.05) is 12.1 Å². The number of anilines is 2. The summed E-state index contributed by atoms with van der Waals surface area (Å²) in [5.74, 6) is -0.866. The lowest BCUT2D eigenvalue weighted by molar-refractivity contribution is -0.112. The van der Waals surface area contributed by atoms with Gasteiger partial charge >= 0.3 is 0 Å². The summed E-state index contributed by atoms with van der Waals surface area (Å²) in [4.78, 5) is 12.0. The molecule has 0 bridgehead atoms. The molecule has 2 aromatic rings. The van der Waals surface area contributed by atoms with E-state index in [1.807, 2.05) is 25.1 Å². The number of nitrogens with zero attached hydrogens (tertiary/aromatic N) is 1. The van der Waals surface area contributed by atoms with Gasteiger partial charge in [0.2, 0.25) is 0 Å². The molecule has 4 nitrogen and oxygen atoms in total. The molecule has 0 spiro atoms. The van der Waals surface area contributed by atoms with E-state index in [1.165, 1.54) is 30.5 Å². The van der Waals surface area contributed by atoms with Crippen LogP contribution in [0.5, 0.6) is 0 Å². The maximum absolute atomic E-state index is 12.8. The fourth-order valence-corrected chi connectivity index (χ4v) is 1.77. The molecule has 0 saturated heterocycles. The van der Waals surface area contributed by atoms with Gasteiger partial charge in [-0.05, 0) is 48.9 Å². The molecule has 5 heteroatoms. The third-order valence-corrected chi connectivity index (χ3v) is 2.87. The van der Waals surface area contributed by atoms with Crippen molar-refractivity contribution in [2.75, 3.05) is 10.6 Å². The van der Waals surface area contributed by atoms with Crippen molar-refractivity contribution >= 4 is 17.3 Å². The van der Waals surface area contributed by atoms with E-state index in [4.69, 9.17) is 5.26 Å². The Balaban J connectivity index is 2.07. The quantitative estimate of drug-likeness (QED) is 0.669. The van der Waals surface area contributed by atoms with Crippen LogP contribution in [0, 0.1) is 24.1 Å². The summed E-state index contributed by atoms with van der Waals surface area (Å²) < 4.78 is 12.8. The SMILES string of the molecule is Cc1cccc(NC(=O)/C(C#N)=C\Nc2ccc(F)cc2)c1. The number of carbonyl (C=O) groups excluding carboxylic acids is 1. The molecule has 0 heterocycles. The van der Waals surface area contributed by atoms with Crippen molar-refractivity contribution in [1.29, 1.82) is 5.26 Å². The fourth-order valence-electron chi connectivity index (χ4n) is 1.77. The minimum Gasteiger partial charge on any atom is -0.360 e. The van der Waals surface area contributed by atoms with Crippen molar-refractivity contribution < 1.29 is 9.18 Å². The monoisotopic (exact) mass is 295 g/mol. The highest BCUT2D eigenvalue weighted by molar-refractivity contribution is 6.06. The van der Waals surface area contributed by atoms with E-state index in [1.54, 1.807) is 12.1 Å². The minimum absolute atomic E-state index is 0.0779. The van der Waals surface area contributed by atoms with Crippen molar-refractivity contribution in [2.45, 2.75) is 6.92 Å². The second kappa shape index (κ2) is 7.04. The maximum atomic E-state index is 12.8. The fraction of sp³-hybridized carbons (Fsp3) is 0.0588. The molecule has 0 aliphatic rings. The van der Waals surface area contributed by atoms with Gasteiger partial charge in [0.15, 0.2) is 0 Å². The Morgan fingerprint density at radius 2 is 1.91 bits per heavy atom. The van der Waals surface area contributed by atoms with Crippen molar-refractivity contribution in [2.24, 2.45) is 0 Å². The summed E-state index contributed by atoms with van der Waals surface area (Å²) in [6.07, 6.45) is 1.29. The van der Waals surface area contributed by atoms with Crippen LogP contribution in [0.4, 0.5) is 15.8 Å². The first kappa shape index (κ1) is 15.3. The van der Waals surface area contributed by atoms with Crippen molar-refractivity contribution in [3.05, 3.63) is 71.7 Å². The molecule has 0 atom stereocenters. The van der Waals surface area contributed by atoms with E-state index >= 15 is 0 Å². The van der Waals surface area contributed by atoms with Gasteiger partial charge in [0, 0.05) is 17.6 Å². The highest BCUT2D eigenvalue weighted by Crippen LogP contribution is 2.12. The molecule has 0 unspecified atom stereocenters. The Morgan fingerprint density at radius 1 is 1.18 bits per heavy atom. The molecule has 1 amide bonds. The normalized spacial score (nSPS) is 10.7. The van der Waals surface area contributed by atoms with E-state index in [2.05, 4.69) is 10.6 Å². The number of hydrogen-bond donors (Lipinski definition) is 2. The number of nitrogens with one attached hydrogen (secondary N) is 2. The molecule has 0 aromatic heterocycles. The molecule has 0 radical (unpaired) electrons. The van der Waals surface area contributed by atoms with Gasteiger partial charge in [-0.3, -0.25) is 4.79 Å². The van der Waals surface area contributed by atoms with E-state index in [0.717, 1.165) is 5.56 Å². The highest BCUT2D eigenvalue weighted by Gasteiger charge is 2.09. The smallest absolute Gasteiger partial charge is 0.267 e. The summed E-state index contributed by atoms with van der Waals surface area (Å²) in [6.45, 7) is 1.91. The second-order valence-electron chi connectivity index (χ2n) is 4.64. The van der Waals surface area contributed by atoms with Crippen molar-refractivity contribution in [3.63, 3.8) is 0 Å². The van der Waals surface area contributed by atoms with Crippen LogP contribution in [0.15, 0.2) is 60.3 Å². The second-order valence-corrected chi connectivity index (χ2v) is 4.64. The lowest BCUT2D eigenvalue weighted by Gasteiger charge is -2.06. The lowest BCUT2D eigenvalue weighted by Crippen LogP contribution is -2.14. The average Bonchev–Trinajstić information content (AvgIpc) is 2.49. The first-order valence-electron chi connectivity index (χ1n) is 6.59. The first-order chi connectivity index (χ1) is 10.6. The number of hydrogen-bond acceptors (Lipinski definition) is 3. The maximum Gasteiger partial charge on any atom is 0.267 e. The summed E-state index contributed by atoms with van der Waals surface area (Å²) in [6, 6.07) is 14.7. The van der Waals surface area contributed by atoms with Gasteiger partial charge in [0.1, 0.15) is 17.5 Å². The zero-order chi connectivity index (χ0) is 15.9. The number of rotatable bonds is 4. The van der Waals surface area contributed by atoms with Crippen LogP contribution in [-0.2, 0) is 4.79 Å². The average molecular weight is 295 g/mol. The standard InChI is InChI=1S/C17H14FN3O/c1-12-3-2-4-16(9-12)21-17(22)13(10-19)11-20-15-7-5-14(18)6-8-15/h2-9,11,20H,1H3,(H,21,22)/b13-11-. The minimum atomic E-state index is -0.511. The number of amides is 1. The molecule has 0 aliphatic carbocycles. The van der Waals surface area contributed by atoms with Crippen LogP contribution in [0.2, 0.25) is 0 Å². The van der Waals surface area contributed by atoms with Gasteiger partial charge in [-0.25, -0.2) is 4.39 Å².